The molecule has 0 aromatic carbocycles. The molecule has 1 atom stereocenters. The summed E-state index contributed by atoms with van der Waals surface area (Å²) < 4.78 is 20.3. The van der Waals surface area contributed by atoms with Gasteiger partial charge >= 0.3 is 7.82 Å². The fraction of sp³-hybridized carbons (Fsp3) is 1.00. The van der Waals surface area contributed by atoms with Gasteiger partial charge in [0.2, 0.25) is 0 Å². The molecule has 0 heterocycles. The lowest BCUT2D eigenvalue weighted by Crippen LogP contribution is -2.49. The number of likely N-dealkylation sites (N-methyl/N-ethyl adjacent to an activating group) is 1. The van der Waals surface area contributed by atoms with E-state index in [9.17, 15) is 4.57 Å². The van der Waals surface area contributed by atoms with Gasteiger partial charge in [-0.3, -0.25) is 9.05 Å². The summed E-state index contributed by atoms with van der Waals surface area (Å²) >= 11 is 0. The lowest BCUT2D eigenvalue weighted by molar-refractivity contribution is -0.910. The number of rotatable bonds is 9. The lowest BCUT2D eigenvalue weighted by Gasteiger charge is -2.33. The van der Waals surface area contributed by atoms with E-state index in [-0.39, 0.29) is 19.8 Å². The Kier molecular flexibility index (Phi) is 7.34. The van der Waals surface area contributed by atoms with Crippen LogP contribution in [0.5, 0.6) is 0 Å². The van der Waals surface area contributed by atoms with Gasteiger partial charge in [-0.1, -0.05) is 0 Å². The van der Waals surface area contributed by atoms with E-state index in [0.717, 1.165) is 7.11 Å². The first kappa shape index (κ1) is 16.0. The van der Waals surface area contributed by atoms with Crippen LogP contribution in [0, 0.1) is 0 Å². The molecule has 0 amide bonds. The maximum absolute atomic E-state index is 11.0. The van der Waals surface area contributed by atoms with Gasteiger partial charge in [-0.25, -0.2) is 4.57 Å². The number of hydrogen-bond donors (Lipinski definition) is 3. The van der Waals surface area contributed by atoms with Gasteiger partial charge in [0.1, 0.15) is 26.2 Å². The largest absolute Gasteiger partial charge is 0.472 e. The first-order valence-electron chi connectivity index (χ1n) is 4.97. The van der Waals surface area contributed by atoms with Gasteiger partial charge in [0, 0.05) is 7.11 Å². The molecule has 0 spiro atoms. The number of hydrogen-bond acceptors (Lipinski definition) is 5. The fourth-order valence-corrected chi connectivity index (χ4v) is 1.67. The zero-order chi connectivity index (χ0) is 12.7. The number of nitrogens with zero attached hydrogens (tertiary/aromatic N) is 1. The molecule has 0 fully saturated rings. The highest BCUT2D eigenvalue weighted by molar-refractivity contribution is 7.47. The molecule has 0 aromatic heterocycles. The second-order valence-corrected chi connectivity index (χ2v) is 5.28. The molecule has 0 aliphatic rings. The molecule has 0 saturated heterocycles. The summed E-state index contributed by atoms with van der Waals surface area (Å²) in [4.78, 5) is 8.99. The van der Waals surface area contributed by atoms with Gasteiger partial charge in [-0.2, -0.15) is 0 Å². The minimum Gasteiger partial charge on any atom is -0.391 e. The van der Waals surface area contributed by atoms with E-state index in [1.165, 1.54) is 0 Å². The molecule has 0 saturated carbocycles. The molecular weight excluding hydrogens is 237 g/mol. The van der Waals surface area contributed by atoms with E-state index in [2.05, 4.69) is 9.05 Å². The fourth-order valence-electron chi connectivity index (χ4n) is 1.25. The number of aliphatic hydroxyl groups excluding tert-OH is 2. The molecule has 0 aromatic rings. The quantitative estimate of drug-likeness (QED) is 0.369. The molecule has 16 heavy (non-hydrogen) atoms. The van der Waals surface area contributed by atoms with E-state index in [0.29, 0.717) is 24.1 Å². The Morgan fingerprint density at radius 2 is 1.69 bits per heavy atom. The Bertz CT molecular complexity index is 231. The van der Waals surface area contributed by atoms with Crippen LogP contribution in [-0.2, 0) is 13.6 Å². The van der Waals surface area contributed by atoms with Crippen LogP contribution < -0.4 is 0 Å². The van der Waals surface area contributed by atoms with Gasteiger partial charge in [0.15, 0.2) is 0 Å². The predicted molar refractivity (Wildman–Crippen MR) is 57.7 cm³/mol. The molecule has 0 rings (SSSR count). The summed E-state index contributed by atoms with van der Waals surface area (Å²) in [6.45, 7) is 1.31. The number of phosphoric ester groups is 1. The van der Waals surface area contributed by atoms with Crippen LogP contribution in [0.25, 0.3) is 0 Å². The number of quaternary nitrogens is 1. The first-order chi connectivity index (χ1) is 7.39. The van der Waals surface area contributed by atoms with Crippen molar-refractivity contribution in [3.05, 3.63) is 0 Å². The summed E-state index contributed by atoms with van der Waals surface area (Å²) in [5.74, 6) is 0. The Labute approximate surface area is 95.4 Å². The second-order valence-electron chi connectivity index (χ2n) is 3.72. The average Bonchev–Trinajstić information content (AvgIpc) is 2.18. The average molecular weight is 258 g/mol. The molecule has 0 radical (unpaired) electrons. The van der Waals surface area contributed by atoms with Crippen molar-refractivity contribution >= 4 is 7.82 Å². The van der Waals surface area contributed by atoms with Crippen LogP contribution in [0.3, 0.4) is 0 Å². The first-order valence-corrected chi connectivity index (χ1v) is 6.47. The molecule has 0 aliphatic heterocycles. The van der Waals surface area contributed by atoms with Crippen LogP contribution in [-0.4, -0.2) is 73.2 Å². The van der Waals surface area contributed by atoms with Gasteiger partial charge < -0.3 is 19.6 Å². The Hall–Kier alpha value is -0.0100. The van der Waals surface area contributed by atoms with E-state index < -0.39 is 7.82 Å². The summed E-state index contributed by atoms with van der Waals surface area (Å²) in [6.07, 6.45) is 0. The molecule has 98 valence electrons. The normalized spacial score (nSPS) is 16.1. The Morgan fingerprint density at radius 1 is 1.19 bits per heavy atom. The second kappa shape index (κ2) is 7.34. The summed E-state index contributed by atoms with van der Waals surface area (Å²) in [6, 6.07) is 0. The van der Waals surface area contributed by atoms with Gasteiger partial charge in [-0.05, 0) is 0 Å². The third-order valence-electron chi connectivity index (χ3n) is 2.40. The maximum Gasteiger partial charge on any atom is 0.472 e. The Morgan fingerprint density at radius 3 is 2.06 bits per heavy atom. The standard InChI is InChI=1S/C8H20NO6P/c1-9(3-6-10,4-7-11)5-8-15-16(12,13)14-2/h10-11H,3-8H2,1-2H3/p+1. The van der Waals surface area contributed by atoms with Crippen molar-refractivity contribution in [2.45, 2.75) is 0 Å². The van der Waals surface area contributed by atoms with E-state index in [4.69, 9.17) is 15.1 Å². The molecule has 0 bridgehead atoms. The van der Waals surface area contributed by atoms with E-state index >= 15 is 0 Å². The predicted octanol–water partition coefficient (Wildman–Crippen LogP) is -0.819. The van der Waals surface area contributed by atoms with Crippen LogP contribution in [0.1, 0.15) is 0 Å². The number of aliphatic hydroxyl groups is 2. The van der Waals surface area contributed by atoms with Crippen LogP contribution in [0.15, 0.2) is 0 Å². The SMILES string of the molecule is COP(=O)(O)OCC[N+](C)(CCO)CCO. The van der Waals surface area contributed by atoms with Crippen LogP contribution in [0.4, 0.5) is 0 Å². The van der Waals surface area contributed by atoms with Crippen molar-refractivity contribution < 1.29 is 33.2 Å². The number of phosphoric acid groups is 1. The van der Waals surface area contributed by atoms with E-state index in [1.807, 2.05) is 7.05 Å². The molecule has 7 nitrogen and oxygen atoms in total. The smallest absolute Gasteiger partial charge is 0.391 e. The molecule has 8 heteroatoms. The molecular formula is C8H21NO6P+. The van der Waals surface area contributed by atoms with Gasteiger partial charge in [0.25, 0.3) is 0 Å². The highest BCUT2D eigenvalue weighted by Crippen LogP contribution is 2.41. The minimum atomic E-state index is -3.93. The highest BCUT2D eigenvalue weighted by Gasteiger charge is 2.24. The van der Waals surface area contributed by atoms with Crippen molar-refractivity contribution in [2.75, 3.05) is 53.6 Å². The third-order valence-corrected chi connectivity index (χ3v) is 3.37. The molecule has 1 unspecified atom stereocenters. The van der Waals surface area contributed by atoms with Crippen LogP contribution >= 0.6 is 7.82 Å². The zero-order valence-corrected chi connectivity index (χ0v) is 10.6. The van der Waals surface area contributed by atoms with Gasteiger partial charge in [0.05, 0.1) is 20.3 Å². The zero-order valence-electron chi connectivity index (χ0n) is 9.70. The van der Waals surface area contributed by atoms with E-state index in [1.54, 1.807) is 0 Å². The minimum absolute atomic E-state index is 0.0163. The van der Waals surface area contributed by atoms with Crippen molar-refractivity contribution in [1.82, 2.24) is 0 Å². The topological polar surface area (TPSA) is 96.2 Å². The Balaban J connectivity index is 4.07. The van der Waals surface area contributed by atoms with Crippen molar-refractivity contribution in [3.8, 4) is 0 Å². The van der Waals surface area contributed by atoms with Crippen molar-refractivity contribution in [1.29, 1.82) is 0 Å². The monoisotopic (exact) mass is 258 g/mol. The summed E-state index contributed by atoms with van der Waals surface area (Å²) in [7, 11) is -1.01. The summed E-state index contributed by atoms with van der Waals surface area (Å²) in [5, 5.41) is 17.7. The highest BCUT2D eigenvalue weighted by atomic mass is 31.2. The maximum atomic E-state index is 11.0. The molecule has 0 aliphatic carbocycles. The molecule has 3 N–H and O–H groups in total. The summed E-state index contributed by atoms with van der Waals surface area (Å²) in [5.41, 5.74) is 0. The lowest BCUT2D eigenvalue weighted by atomic mass is 10.4. The van der Waals surface area contributed by atoms with Crippen molar-refractivity contribution in [2.24, 2.45) is 0 Å². The van der Waals surface area contributed by atoms with Crippen molar-refractivity contribution in [3.63, 3.8) is 0 Å². The van der Waals surface area contributed by atoms with Crippen LogP contribution in [0.2, 0.25) is 0 Å². The third kappa shape index (κ3) is 6.55. The van der Waals surface area contributed by atoms with Gasteiger partial charge in [-0.15, -0.1) is 0 Å².